The van der Waals surface area contributed by atoms with Crippen LogP contribution >= 0.6 is 0 Å². The first-order valence-electron chi connectivity index (χ1n) is 8.64. The Morgan fingerprint density at radius 3 is 2.81 bits per heavy atom. The van der Waals surface area contributed by atoms with Gasteiger partial charge in [-0.3, -0.25) is 4.79 Å². The van der Waals surface area contributed by atoms with E-state index in [4.69, 9.17) is 4.74 Å². The molecule has 2 aromatic carbocycles. The second-order valence-corrected chi connectivity index (χ2v) is 6.37. The van der Waals surface area contributed by atoms with Crippen LogP contribution in [0.25, 0.3) is 10.9 Å². The van der Waals surface area contributed by atoms with Gasteiger partial charge in [0.1, 0.15) is 11.4 Å². The Kier molecular flexibility index (Phi) is 4.38. The van der Waals surface area contributed by atoms with Gasteiger partial charge in [0.15, 0.2) is 0 Å². The zero-order valence-corrected chi connectivity index (χ0v) is 15.2. The van der Waals surface area contributed by atoms with Crippen LogP contribution in [0.1, 0.15) is 16.1 Å². The van der Waals surface area contributed by atoms with Crippen LogP contribution in [0.4, 0.5) is 5.69 Å². The molecule has 0 atom stereocenters. The smallest absolute Gasteiger partial charge is 0.272 e. The molecule has 6 nitrogen and oxygen atoms in total. The molecule has 0 saturated carbocycles. The molecule has 2 aromatic heterocycles. The number of aromatic nitrogens is 3. The molecular formula is C21H20N4O2. The van der Waals surface area contributed by atoms with Crippen molar-refractivity contribution in [2.24, 2.45) is 7.05 Å². The molecule has 6 heteroatoms. The predicted octanol–water partition coefficient (Wildman–Crippen LogP) is 3.68. The maximum atomic E-state index is 12.8. The molecule has 1 amide bonds. The predicted molar refractivity (Wildman–Crippen MR) is 105 cm³/mol. The average Bonchev–Trinajstić information content (AvgIpc) is 3.30. The van der Waals surface area contributed by atoms with Gasteiger partial charge >= 0.3 is 0 Å². The summed E-state index contributed by atoms with van der Waals surface area (Å²) in [6.07, 6.45) is 5.43. The van der Waals surface area contributed by atoms with E-state index in [9.17, 15) is 4.79 Å². The number of rotatable bonds is 5. The van der Waals surface area contributed by atoms with Gasteiger partial charge in [-0.1, -0.05) is 18.2 Å². The van der Waals surface area contributed by atoms with Gasteiger partial charge in [0.2, 0.25) is 0 Å². The molecule has 0 spiro atoms. The standard InChI is InChI=1S/C21H20N4O2/c1-24-18-7-4-8-20(27-2)17(18)12-19(24)21(26)23-16-6-3-5-15(11-16)13-25-10-9-22-14-25/h3-12,14H,13H2,1-2H3,(H,23,26). The van der Waals surface area contributed by atoms with Crippen molar-refractivity contribution in [2.45, 2.75) is 6.54 Å². The number of carbonyl (C=O) groups is 1. The molecule has 136 valence electrons. The van der Waals surface area contributed by atoms with Crippen LogP contribution in [0.15, 0.2) is 67.3 Å². The summed E-state index contributed by atoms with van der Waals surface area (Å²) in [7, 11) is 3.51. The molecule has 1 N–H and O–H groups in total. The number of nitrogens with one attached hydrogen (secondary N) is 1. The molecule has 0 aliphatic carbocycles. The van der Waals surface area contributed by atoms with Crippen LogP contribution in [0.2, 0.25) is 0 Å². The van der Waals surface area contributed by atoms with Crippen LogP contribution in [0, 0.1) is 0 Å². The van der Waals surface area contributed by atoms with Crippen molar-refractivity contribution in [3.05, 3.63) is 78.5 Å². The van der Waals surface area contributed by atoms with Crippen molar-refractivity contribution < 1.29 is 9.53 Å². The maximum absolute atomic E-state index is 12.8. The molecule has 0 unspecified atom stereocenters. The number of imidazole rings is 1. The van der Waals surface area contributed by atoms with E-state index < -0.39 is 0 Å². The lowest BCUT2D eigenvalue weighted by atomic mass is 10.2. The Morgan fingerprint density at radius 2 is 2.04 bits per heavy atom. The fourth-order valence-corrected chi connectivity index (χ4v) is 3.26. The highest BCUT2D eigenvalue weighted by Crippen LogP contribution is 2.28. The number of fused-ring (bicyclic) bond motifs is 1. The third kappa shape index (κ3) is 3.29. The molecule has 4 aromatic rings. The van der Waals surface area contributed by atoms with E-state index in [1.807, 2.05) is 70.9 Å². The molecule has 0 aliphatic rings. The number of methoxy groups -OCH3 is 1. The van der Waals surface area contributed by atoms with Crippen molar-refractivity contribution in [2.75, 3.05) is 12.4 Å². The molecular weight excluding hydrogens is 340 g/mol. The SMILES string of the molecule is COc1cccc2c1cc(C(=O)Nc1cccc(Cn3ccnc3)c1)n2C. The van der Waals surface area contributed by atoms with E-state index in [-0.39, 0.29) is 5.91 Å². The van der Waals surface area contributed by atoms with Gasteiger partial charge in [-0.05, 0) is 35.9 Å². The minimum atomic E-state index is -0.157. The highest BCUT2D eigenvalue weighted by molar-refractivity contribution is 6.07. The summed E-state index contributed by atoms with van der Waals surface area (Å²) >= 11 is 0. The molecule has 4 rings (SSSR count). The summed E-state index contributed by atoms with van der Waals surface area (Å²) < 4.78 is 9.27. The Morgan fingerprint density at radius 1 is 1.19 bits per heavy atom. The average molecular weight is 360 g/mol. The normalized spacial score (nSPS) is 10.9. The van der Waals surface area contributed by atoms with Crippen molar-refractivity contribution in [1.82, 2.24) is 14.1 Å². The van der Waals surface area contributed by atoms with E-state index in [2.05, 4.69) is 10.3 Å². The summed E-state index contributed by atoms with van der Waals surface area (Å²) in [6.45, 7) is 0.703. The van der Waals surface area contributed by atoms with Crippen molar-refractivity contribution >= 4 is 22.5 Å². The number of benzene rings is 2. The van der Waals surface area contributed by atoms with Gasteiger partial charge in [0.25, 0.3) is 5.91 Å². The van der Waals surface area contributed by atoms with Gasteiger partial charge in [0, 0.05) is 37.1 Å². The Labute approximate surface area is 157 Å². The molecule has 2 heterocycles. The topological polar surface area (TPSA) is 61.1 Å². The van der Waals surface area contributed by atoms with Gasteiger partial charge in [-0.25, -0.2) is 4.98 Å². The third-order valence-corrected chi connectivity index (χ3v) is 4.61. The first-order valence-corrected chi connectivity index (χ1v) is 8.64. The van der Waals surface area contributed by atoms with Crippen molar-refractivity contribution in [3.63, 3.8) is 0 Å². The number of hydrogen-bond donors (Lipinski definition) is 1. The molecule has 0 aliphatic heterocycles. The monoisotopic (exact) mass is 360 g/mol. The zero-order chi connectivity index (χ0) is 18.8. The second-order valence-electron chi connectivity index (χ2n) is 6.37. The quantitative estimate of drug-likeness (QED) is 0.590. The molecule has 0 fully saturated rings. The van der Waals surface area contributed by atoms with Crippen LogP contribution in [-0.4, -0.2) is 27.1 Å². The lowest BCUT2D eigenvalue weighted by Crippen LogP contribution is -2.15. The van der Waals surface area contributed by atoms with E-state index in [0.29, 0.717) is 12.2 Å². The number of anilines is 1. The Balaban J connectivity index is 1.59. The minimum absolute atomic E-state index is 0.157. The first kappa shape index (κ1) is 16.9. The number of ether oxygens (including phenoxy) is 1. The lowest BCUT2D eigenvalue weighted by Gasteiger charge is -2.09. The summed E-state index contributed by atoms with van der Waals surface area (Å²) in [5.41, 5.74) is 3.38. The molecule has 0 bridgehead atoms. The van der Waals surface area contributed by atoms with Gasteiger partial charge in [-0.15, -0.1) is 0 Å². The highest BCUT2D eigenvalue weighted by atomic mass is 16.5. The summed E-state index contributed by atoms with van der Waals surface area (Å²) in [5.74, 6) is 0.597. The molecule has 27 heavy (non-hydrogen) atoms. The van der Waals surface area contributed by atoms with Gasteiger partial charge in [0.05, 0.1) is 19.0 Å². The largest absolute Gasteiger partial charge is 0.496 e. The van der Waals surface area contributed by atoms with E-state index in [1.165, 1.54) is 0 Å². The van der Waals surface area contributed by atoms with Crippen LogP contribution in [0.5, 0.6) is 5.75 Å². The summed E-state index contributed by atoms with van der Waals surface area (Å²) in [6, 6.07) is 15.5. The number of hydrogen-bond acceptors (Lipinski definition) is 3. The lowest BCUT2D eigenvalue weighted by molar-refractivity contribution is 0.102. The highest BCUT2D eigenvalue weighted by Gasteiger charge is 2.16. The fraction of sp³-hybridized carbons (Fsp3) is 0.143. The number of nitrogens with zero attached hydrogens (tertiary/aromatic N) is 3. The van der Waals surface area contributed by atoms with Gasteiger partial charge < -0.3 is 19.2 Å². The third-order valence-electron chi connectivity index (χ3n) is 4.61. The van der Waals surface area contributed by atoms with E-state index in [1.54, 1.807) is 19.6 Å². The van der Waals surface area contributed by atoms with Crippen molar-refractivity contribution in [1.29, 1.82) is 0 Å². The number of aryl methyl sites for hydroxylation is 1. The molecule has 0 radical (unpaired) electrons. The minimum Gasteiger partial charge on any atom is -0.496 e. The van der Waals surface area contributed by atoms with Crippen LogP contribution < -0.4 is 10.1 Å². The number of amides is 1. The second kappa shape index (κ2) is 6.99. The van der Waals surface area contributed by atoms with Crippen LogP contribution in [0.3, 0.4) is 0 Å². The first-order chi connectivity index (χ1) is 13.2. The van der Waals surface area contributed by atoms with Crippen LogP contribution in [-0.2, 0) is 13.6 Å². The van der Waals surface area contributed by atoms with E-state index in [0.717, 1.165) is 27.9 Å². The van der Waals surface area contributed by atoms with E-state index >= 15 is 0 Å². The molecule has 0 saturated heterocycles. The Bertz CT molecular complexity index is 1100. The Hall–Kier alpha value is -3.54. The fourth-order valence-electron chi connectivity index (χ4n) is 3.26. The maximum Gasteiger partial charge on any atom is 0.272 e. The van der Waals surface area contributed by atoms with Gasteiger partial charge in [-0.2, -0.15) is 0 Å². The number of carbonyl (C=O) groups excluding carboxylic acids is 1. The summed E-state index contributed by atoms with van der Waals surface area (Å²) in [5, 5.41) is 3.91. The zero-order valence-electron chi connectivity index (χ0n) is 15.2. The summed E-state index contributed by atoms with van der Waals surface area (Å²) in [4.78, 5) is 16.9. The van der Waals surface area contributed by atoms with Crippen molar-refractivity contribution in [3.8, 4) is 5.75 Å².